The molecule has 4 heteroatoms. The molecule has 1 aromatic rings. The summed E-state index contributed by atoms with van der Waals surface area (Å²) in [5.41, 5.74) is 1.21. The van der Waals surface area contributed by atoms with Crippen molar-refractivity contribution in [2.24, 2.45) is 0 Å². The van der Waals surface area contributed by atoms with Crippen LogP contribution in [-0.4, -0.2) is 66.8 Å². The molecule has 0 amide bonds. The molecule has 2 N–H and O–H groups in total. The summed E-state index contributed by atoms with van der Waals surface area (Å²) in [7, 11) is 2.05. The monoisotopic (exact) mass is 261 g/mol. The molecule has 0 saturated carbocycles. The van der Waals surface area contributed by atoms with Gasteiger partial charge < -0.3 is 10.4 Å². The summed E-state index contributed by atoms with van der Waals surface area (Å²) in [5, 5.41) is 13.0. The van der Waals surface area contributed by atoms with E-state index in [0.717, 1.165) is 6.42 Å². The lowest BCUT2D eigenvalue weighted by atomic mass is 9.94. The lowest BCUT2D eigenvalue weighted by Gasteiger charge is -2.50. The molecule has 19 heavy (non-hydrogen) atoms. The fraction of sp³-hybridized carbons (Fsp3) is 0.600. The number of benzene rings is 1. The second-order valence-electron chi connectivity index (χ2n) is 5.67. The Morgan fingerprint density at radius 3 is 2.68 bits per heavy atom. The first-order valence-electron chi connectivity index (χ1n) is 7.18. The zero-order valence-electron chi connectivity index (χ0n) is 11.5. The number of nitrogens with one attached hydrogen (secondary N) is 1. The molecule has 2 bridgehead atoms. The van der Waals surface area contributed by atoms with Crippen LogP contribution in [0.3, 0.4) is 0 Å². The molecule has 2 atom stereocenters. The topological polar surface area (TPSA) is 38.7 Å². The van der Waals surface area contributed by atoms with E-state index < -0.39 is 0 Å². The predicted molar refractivity (Wildman–Crippen MR) is 76.5 cm³/mol. The van der Waals surface area contributed by atoms with Crippen LogP contribution in [-0.2, 0) is 6.42 Å². The van der Waals surface area contributed by atoms with Crippen molar-refractivity contribution in [2.75, 3.05) is 39.8 Å². The van der Waals surface area contributed by atoms with Gasteiger partial charge in [0.15, 0.2) is 0 Å². The molecule has 4 rings (SSSR count). The van der Waals surface area contributed by atoms with Gasteiger partial charge in [0.05, 0.1) is 0 Å². The molecule has 3 fully saturated rings. The third-order valence-corrected chi connectivity index (χ3v) is 4.52. The van der Waals surface area contributed by atoms with Crippen molar-refractivity contribution < 1.29 is 5.11 Å². The first-order valence-corrected chi connectivity index (χ1v) is 7.18. The van der Waals surface area contributed by atoms with Gasteiger partial charge in [-0.05, 0) is 31.2 Å². The number of rotatable bonds is 4. The highest BCUT2D eigenvalue weighted by molar-refractivity contribution is 5.28. The van der Waals surface area contributed by atoms with Crippen molar-refractivity contribution in [3.05, 3.63) is 29.8 Å². The van der Waals surface area contributed by atoms with Crippen molar-refractivity contribution in [2.45, 2.75) is 18.5 Å². The quantitative estimate of drug-likeness (QED) is 0.829. The SMILES string of the molecule is CNC(Cc1cccc(O)c1)C1CN2CCN1CC2. The van der Waals surface area contributed by atoms with Crippen LogP contribution in [0.15, 0.2) is 24.3 Å². The zero-order valence-corrected chi connectivity index (χ0v) is 11.5. The van der Waals surface area contributed by atoms with Gasteiger partial charge in [-0.2, -0.15) is 0 Å². The van der Waals surface area contributed by atoms with E-state index in [0.29, 0.717) is 17.8 Å². The Kier molecular flexibility index (Phi) is 3.73. The van der Waals surface area contributed by atoms with E-state index in [-0.39, 0.29) is 0 Å². The molecule has 0 aromatic heterocycles. The van der Waals surface area contributed by atoms with E-state index in [2.05, 4.69) is 21.2 Å². The molecule has 0 radical (unpaired) electrons. The smallest absolute Gasteiger partial charge is 0.115 e. The summed E-state index contributed by atoms with van der Waals surface area (Å²) >= 11 is 0. The number of phenols is 1. The number of phenolic OH excluding ortho intramolecular Hbond substituents is 1. The minimum Gasteiger partial charge on any atom is -0.508 e. The van der Waals surface area contributed by atoms with Crippen LogP contribution in [0.5, 0.6) is 5.75 Å². The van der Waals surface area contributed by atoms with Crippen LogP contribution in [0.2, 0.25) is 0 Å². The molecule has 2 unspecified atom stereocenters. The Morgan fingerprint density at radius 2 is 2.11 bits per heavy atom. The lowest BCUT2D eigenvalue weighted by Crippen LogP contribution is -2.66. The van der Waals surface area contributed by atoms with Crippen molar-refractivity contribution in [3.63, 3.8) is 0 Å². The normalized spacial score (nSPS) is 31.3. The van der Waals surface area contributed by atoms with E-state index in [1.807, 2.05) is 19.2 Å². The maximum absolute atomic E-state index is 9.58. The van der Waals surface area contributed by atoms with Crippen molar-refractivity contribution in [3.8, 4) is 5.75 Å². The molecule has 4 nitrogen and oxygen atoms in total. The second kappa shape index (κ2) is 5.49. The fourth-order valence-corrected chi connectivity index (χ4v) is 3.41. The fourth-order valence-electron chi connectivity index (χ4n) is 3.41. The Hall–Kier alpha value is -1.10. The van der Waals surface area contributed by atoms with Gasteiger partial charge in [0.1, 0.15) is 5.75 Å². The number of fused-ring (bicyclic) bond motifs is 3. The molecular weight excluding hydrogens is 238 g/mol. The number of aromatic hydroxyl groups is 1. The lowest BCUT2D eigenvalue weighted by molar-refractivity contribution is -0.00202. The average molecular weight is 261 g/mol. The average Bonchev–Trinajstić information content (AvgIpc) is 2.46. The van der Waals surface area contributed by atoms with Gasteiger partial charge in [0, 0.05) is 44.8 Å². The minimum atomic E-state index is 0.363. The summed E-state index contributed by atoms with van der Waals surface area (Å²) in [6, 6.07) is 8.67. The van der Waals surface area contributed by atoms with Gasteiger partial charge in [-0.3, -0.25) is 9.80 Å². The number of hydrogen-bond acceptors (Lipinski definition) is 4. The maximum Gasteiger partial charge on any atom is 0.115 e. The third-order valence-electron chi connectivity index (χ3n) is 4.52. The van der Waals surface area contributed by atoms with E-state index in [4.69, 9.17) is 0 Å². The second-order valence-corrected chi connectivity index (χ2v) is 5.67. The number of nitrogens with zero attached hydrogens (tertiary/aromatic N) is 2. The molecule has 3 aliphatic heterocycles. The van der Waals surface area contributed by atoms with Gasteiger partial charge in [-0.1, -0.05) is 12.1 Å². The van der Waals surface area contributed by atoms with Crippen LogP contribution in [0.4, 0.5) is 0 Å². The molecule has 3 saturated heterocycles. The summed E-state index contributed by atoms with van der Waals surface area (Å²) in [6.45, 7) is 6.01. The van der Waals surface area contributed by atoms with Crippen LogP contribution < -0.4 is 5.32 Å². The molecule has 3 heterocycles. The van der Waals surface area contributed by atoms with Crippen molar-refractivity contribution in [1.29, 1.82) is 0 Å². The highest BCUT2D eigenvalue weighted by Gasteiger charge is 2.36. The number of likely N-dealkylation sites (N-methyl/N-ethyl adjacent to an activating group) is 1. The highest BCUT2D eigenvalue weighted by Crippen LogP contribution is 2.21. The van der Waals surface area contributed by atoms with E-state index in [9.17, 15) is 5.11 Å². The van der Waals surface area contributed by atoms with Gasteiger partial charge in [-0.25, -0.2) is 0 Å². The Morgan fingerprint density at radius 1 is 1.32 bits per heavy atom. The maximum atomic E-state index is 9.58. The highest BCUT2D eigenvalue weighted by atomic mass is 16.3. The first-order chi connectivity index (χ1) is 9.26. The van der Waals surface area contributed by atoms with Gasteiger partial charge >= 0.3 is 0 Å². The summed E-state index contributed by atoms with van der Waals surface area (Å²) < 4.78 is 0. The molecule has 104 valence electrons. The molecule has 0 aliphatic carbocycles. The largest absolute Gasteiger partial charge is 0.508 e. The molecule has 1 aromatic carbocycles. The molecule has 0 spiro atoms. The van der Waals surface area contributed by atoms with Crippen molar-refractivity contribution >= 4 is 0 Å². The van der Waals surface area contributed by atoms with Crippen molar-refractivity contribution in [1.82, 2.24) is 15.1 Å². The molecular formula is C15H23N3O. The Labute approximate surface area is 115 Å². The van der Waals surface area contributed by atoms with Gasteiger partial charge in [0.25, 0.3) is 0 Å². The number of piperazine rings is 3. The van der Waals surface area contributed by atoms with Crippen LogP contribution in [0, 0.1) is 0 Å². The zero-order chi connectivity index (χ0) is 13.2. The summed E-state index contributed by atoms with van der Waals surface area (Å²) in [5.74, 6) is 0.363. The predicted octanol–water partition coefficient (Wildman–Crippen LogP) is 0.522. The summed E-state index contributed by atoms with van der Waals surface area (Å²) in [4.78, 5) is 5.18. The van der Waals surface area contributed by atoms with E-state index in [1.165, 1.54) is 38.3 Å². The Balaban J connectivity index is 1.70. The first kappa shape index (κ1) is 12.9. The van der Waals surface area contributed by atoms with E-state index in [1.54, 1.807) is 6.07 Å². The van der Waals surface area contributed by atoms with Crippen LogP contribution in [0.1, 0.15) is 5.56 Å². The van der Waals surface area contributed by atoms with Gasteiger partial charge in [-0.15, -0.1) is 0 Å². The standard InChI is InChI=1S/C15H23N3O/c1-16-14(10-12-3-2-4-13(19)9-12)15-11-17-5-7-18(15)8-6-17/h2-4,9,14-16,19H,5-8,10-11H2,1H3. The van der Waals surface area contributed by atoms with E-state index >= 15 is 0 Å². The third kappa shape index (κ3) is 2.76. The summed E-state index contributed by atoms with van der Waals surface area (Å²) in [6.07, 6.45) is 0.972. The number of hydrogen-bond donors (Lipinski definition) is 2. The Bertz CT molecular complexity index is 429. The van der Waals surface area contributed by atoms with Crippen LogP contribution >= 0.6 is 0 Å². The minimum absolute atomic E-state index is 0.363. The molecule has 3 aliphatic rings. The van der Waals surface area contributed by atoms with Crippen LogP contribution in [0.25, 0.3) is 0 Å². The van der Waals surface area contributed by atoms with Gasteiger partial charge in [0.2, 0.25) is 0 Å².